The Morgan fingerprint density at radius 2 is 2.22 bits per heavy atom. The molecule has 0 amide bonds. The van der Waals surface area contributed by atoms with Crippen molar-refractivity contribution in [2.45, 2.75) is 45.3 Å². The third-order valence-electron chi connectivity index (χ3n) is 3.64. The number of aromatic nitrogens is 2. The Bertz CT molecular complexity index is 386. The molecule has 18 heavy (non-hydrogen) atoms. The van der Waals surface area contributed by atoms with Crippen molar-refractivity contribution in [3.63, 3.8) is 0 Å². The average Bonchev–Trinajstić information content (AvgIpc) is 2.78. The van der Waals surface area contributed by atoms with Gasteiger partial charge in [0, 0.05) is 37.7 Å². The average molecular weight is 272 g/mol. The summed E-state index contributed by atoms with van der Waals surface area (Å²) in [5.41, 5.74) is 2.32. The van der Waals surface area contributed by atoms with E-state index in [1.165, 1.54) is 5.69 Å². The second kappa shape index (κ2) is 6.04. The summed E-state index contributed by atoms with van der Waals surface area (Å²) in [6.07, 6.45) is 1.96. The number of ether oxygens (including phenoxy) is 1. The van der Waals surface area contributed by atoms with Crippen LogP contribution in [0.3, 0.4) is 0 Å². The molecular weight excluding hydrogens is 250 g/mol. The Morgan fingerprint density at radius 3 is 2.83 bits per heavy atom. The summed E-state index contributed by atoms with van der Waals surface area (Å²) in [5, 5.41) is 8.08. The molecule has 0 saturated carbocycles. The highest BCUT2D eigenvalue weighted by Crippen LogP contribution is 2.23. The Balaban J connectivity index is 2.00. The van der Waals surface area contributed by atoms with Gasteiger partial charge in [-0.25, -0.2) is 0 Å². The normalized spacial score (nSPS) is 19.1. The van der Waals surface area contributed by atoms with Crippen LogP contribution in [0.25, 0.3) is 0 Å². The zero-order valence-corrected chi connectivity index (χ0v) is 12.0. The summed E-state index contributed by atoms with van der Waals surface area (Å²) < 4.78 is 7.46. The second-order valence-electron chi connectivity index (χ2n) is 4.97. The van der Waals surface area contributed by atoms with Gasteiger partial charge in [-0.15, -0.1) is 11.6 Å². The number of nitrogens with zero attached hydrogens (tertiary/aromatic N) is 2. The van der Waals surface area contributed by atoms with Crippen LogP contribution in [-0.4, -0.2) is 34.4 Å². The van der Waals surface area contributed by atoms with Crippen molar-refractivity contribution in [3.05, 3.63) is 17.5 Å². The fourth-order valence-electron chi connectivity index (χ4n) is 2.41. The largest absolute Gasteiger partial charge is 0.381 e. The molecular formula is C13H22ClN3O. The van der Waals surface area contributed by atoms with Crippen LogP contribution in [0.4, 0.5) is 0 Å². The fourth-order valence-corrected chi connectivity index (χ4v) is 2.77. The van der Waals surface area contributed by atoms with E-state index in [1.54, 1.807) is 0 Å². The topological polar surface area (TPSA) is 39.1 Å². The summed E-state index contributed by atoms with van der Waals surface area (Å²) in [7, 11) is 0. The number of nitrogens with one attached hydrogen (secondary N) is 1. The summed E-state index contributed by atoms with van der Waals surface area (Å²) in [6, 6.07) is 2.14. The number of aryl methyl sites for hydroxylation is 2. The van der Waals surface area contributed by atoms with E-state index >= 15 is 0 Å². The lowest BCUT2D eigenvalue weighted by Gasteiger charge is -2.36. The molecule has 102 valence electrons. The Labute approximate surface area is 114 Å². The van der Waals surface area contributed by atoms with E-state index in [0.29, 0.717) is 5.88 Å². The van der Waals surface area contributed by atoms with Crippen molar-refractivity contribution >= 4 is 11.6 Å². The van der Waals surface area contributed by atoms with Gasteiger partial charge < -0.3 is 10.1 Å². The lowest BCUT2D eigenvalue weighted by Crippen LogP contribution is -2.50. The molecule has 0 spiro atoms. The van der Waals surface area contributed by atoms with Gasteiger partial charge in [0.2, 0.25) is 0 Å². The van der Waals surface area contributed by atoms with Gasteiger partial charge in [-0.2, -0.15) is 5.10 Å². The van der Waals surface area contributed by atoms with Crippen LogP contribution in [-0.2, 0) is 17.8 Å². The van der Waals surface area contributed by atoms with Crippen molar-refractivity contribution in [1.82, 2.24) is 15.1 Å². The molecule has 1 aromatic heterocycles. The minimum Gasteiger partial charge on any atom is -0.381 e. The van der Waals surface area contributed by atoms with Gasteiger partial charge in [0.25, 0.3) is 0 Å². The minimum absolute atomic E-state index is 0.0244. The molecule has 0 bridgehead atoms. The van der Waals surface area contributed by atoms with E-state index in [4.69, 9.17) is 16.3 Å². The van der Waals surface area contributed by atoms with Gasteiger partial charge in [-0.1, -0.05) is 0 Å². The van der Waals surface area contributed by atoms with E-state index in [0.717, 1.165) is 44.8 Å². The molecule has 1 fully saturated rings. The third kappa shape index (κ3) is 3.05. The number of alkyl halides is 1. The van der Waals surface area contributed by atoms with Crippen molar-refractivity contribution in [3.8, 4) is 0 Å². The van der Waals surface area contributed by atoms with Gasteiger partial charge in [0.05, 0.1) is 11.4 Å². The predicted molar refractivity (Wildman–Crippen MR) is 73.0 cm³/mol. The summed E-state index contributed by atoms with van der Waals surface area (Å²) in [4.78, 5) is 0. The summed E-state index contributed by atoms with van der Waals surface area (Å²) >= 11 is 6.14. The molecule has 1 aromatic rings. The fraction of sp³-hybridized carbons (Fsp3) is 0.769. The first kappa shape index (κ1) is 13.8. The quantitative estimate of drug-likeness (QED) is 0.834. The molecule has 1 aliphatic rings. The zero-order valence-electron chi connectivity index (χ0n) is 11.2. The van der Waals surface area contributed by atoms with E-state index in [2.05, 4.69) is 23.4 Å². The first-order chi connectivity index (χ1) is 8.69. The molecule has 0 radical (unpaired) electrons. The summed E-state index contributed by atoms with van der Waals surface area (Å²) in [5.74, 6) is 0.635. The van der Waals surface area contributed by atoms with E-state index in [-0.39, 0.29) is 5.54 Å². The van der Waals surface area contributed by atoms with Gasteiger partial charge in [0.15, 0.2) is 0 Å². The van der Waals surface area contributed by atoms with Crippen LogP contribution >= 0.6 is 11.6 Å². The highest BCUT2D eigenvalue weighted by molar-refractivity contribution is 6.18. The van der Waals surface area contributed by atoms with Crippen LogP contribution in [0.1, 0.15) is 31.2 Å². The molecule has 0 atom stereocenters. The molecule has 4 nitrogen and oxygen atoms in total. The van der Waals surface area contributed by atoms with Gasteiger partial charge in [0.1, 0.15) is 0 Å². The van der Waals surface area contributed by atoms with E-state index in [9.17, 15) is 0 Å². The number of halogens is 1. The van der Waals surface area contributed by atoms with Crippen LogP contribution in [0.15, 0.2) is 6.07 Å². The molecule has 0 unspecified atom stereocenters. The molecule has 1 aliphatic heterocycles. The maximum absolute atomic E-state index is 6.14. The van der Waals surface area contributed by atoms with Crippen LogP contribution in [0, 0.1) is 6.92 Å². The highest BCUT2D eigenvalue weighted by atomic mass is 35.5. The molecule has 1 saturated heterocycles. The molecule has 2 rings (SSSR count). The Hall–Kier alpha value is -0.580. The SMILES string of the molecule is CCn1nc(C)cc1CNC1(CCl)CCOCC1. The third-order valence-corrected chi connectivity index (χ3v) is 4.15. The van der Waals surface area contributed by atoms with Crippen molar-refractivity contribution in [2.24, 2.45) is 0 Å². The second-order valence-corrected chi connectivity index (χ2v) is 5.24. The Morgan fingerprint density at radius 1 is 1.50 bits per heavy atom. The van der Waals surface area contributed by atoms with Gasteiger partial charge in [-0.3, -0.25) is 4.68 Å². The van der Waals surface area contributed by atoms with Crippen molar-refractivity contribution in [2.75, 3.05) is 19.1 Å². The molecule has 0 aromatic carbocycles. The van der Waals surface area contributed by atoms with Crippen molar-refractivity contribution < 1.29 is 4.74 Å². The maximum atomic E-state index is 6.14. The standard InChI is InChI=1S/C13H22ClN3O/c1-3-17-12(8-11(2)16-17)9-15-13(10-14)4-6-18-7-5-13/h8,15H,3-7,9-10H2,1-2H3. The monoisotopic (exact) mass is 271 g/mol. The number of hydrogen-bond acceptors (Lipinski definition) is 3. The van der Waals surface area contributed by atoms with Crippen LogP contribution in [0.5, 0.6) is 0 Å². The van der Waals surface area contributed by atoms with Crippen molar-refractivity contribution in [1.29, 1.82) is 0 Å². The van der Waals surface area contributed by atoms with Gasteiger partial charge >= 0.3 is 0 Å². The lowest BCUT2D eigenvalue weighted by atomic mass is 9.92. The van der Waals surface area contributed by atoms with Crippen LogP contribution < -0.4 is 5.32 Å². The first-order valence-corrected chi connectivity index (χ1v) is 7.14. The van der Waals surface area contributed by atoms with Crippen LogP contribution in [0.2, 0.25) is 0 Å². The highest BCUT2D eigenvalue weighted by Gasteiger charge is 2.31. The predicted octanol–water partition coefficient (Wildman–Crippen LogP) is 2.09. The molecule has 1 N–H and O–H groups in total. The Kier molecular flexibility index (Phi) is 4.65. The molecule has 2 heterocycles. The van der Waals surface area contributed by atoms with Gasteiger partial charge in [-0.05, 0) is 32.8 Å². The molecule has 0 aliphatic carbocycles. The zero-order chi connectivity index (χ0) is 13.0. The van der Waals surface area contributed by atoms with E-state index < -0.39 is 0 Å². The van der Waals surface area contributed by atoms with E-state index in [1.807, 2.05) is 11.6 Å². The lowest BCUT2D eigenvalue weighted by molar-refractivity contribution is 0.0456. The first-order valence-electron chi connectivity index (χ1n) is 6.61. The maximum Gasteiger partial charge on any atom is 0.0597 e. The smallest absolute Gasteiger partial charge is 0.0597 e. The minimum atomic E-state index is 0.0244. The summed E-state index contributed by atoms with van der Waals surface area (Å²) in [6.45, 7) is 7.46. The number of hydrogen-bond donors (Lipinski definition) is 1. The number of rotatable bonds is 5. The molecule has 5 heteroatoms.